The van der Waals surface area contributed by atoms with Gasteiger partial charge in [0.1, 0.15) is 0 Å². The molecule has 0 aliphatic carbocycles. The topological polar surface area (TPSA) is 68.9 Å². The third-order valence-corrected chi connectivity index (χ3v) is 2.72. The first-order chi connectivity index (χ1) is 6.77. The van der Waals surface area contributed by atoms with Crippen molar-refractivity contribution < 1.29 is 4.92 Å². The fraction of sp³-hybridized carbons (Fsp3) is 0. The molecular formula is C8H5N3O2Se. The molecule has 2 rings (SSSR count). The SMILES string of the molecule is O=[N+]([O-])c1cccc(-c2cn[se]n2)c1. The van der Waals surface area contributed by atoms with Crippen LogP contribution in [0.5, 0.6) is 0 Å². The van der Waals surface area contributed by atoms with E-state index in [1.807, 2.05) is 0 Å². The Morgan fingerprint density at radius 1 is 1.43 bits per heavy atom. The van der Waals surface area contributed by atoms with Gasteiger partial charge in [-0.1, -0.05) is 0 Å². The van der Waals surface area contributed by atoms with Gasteiger partial charge < -0.3 is 0 Å². The predicted octanol–water partition coefficient (Wildman–Crippen LogP) is 1.11. The summed E-state index contributed by atoms with van der Waals surface area (Å²) in [6, 6.07) is 6.40. The summed E-state index contributed by atoms with van der Waals surface area (Å²) in [5, 5.41) is 10.5. The Kier molecular flexibility index (Phi) is 2.39. The maximum atomic E-state index is 10.5. The average Bonchev–Trinajstić information content (AvgIpc) is 2.71. The molecule has 0 fully saturated rings. The van der Waals surface area contributed by atoms with Crippen molar-refractivity contribution in [2.75, 3.05) is 0 Å². The fourth-order valence-corrected chi connectivity index (χ4v) is 1.98. The summed E-state index contributed by atoms with van der Waals surface area (Å²) in [7, 11) is 0. The van der Waals surface area contributed by atoms with E-state index in [2.05, 4.69) is 7.96 Å². The van der Waals surface area contributed by atoms with Crippen LogP contribution in [-0.4, -0.2) is 27.8 Å². The van der Waals surface area contributed by atoms with Crippen LogP contribution in [0.2, 0.25) is 0 Å². The standard InChI is InChI=1S/C8H5N3O2Se/c12-11(13)7-3-1-2-6(4-7)8-5-9-14-10-8/h1-5H. The van der Waals surface area contributed by atoms with E-state index in [-0.39, 0.29) is 20.6 Å². The van der Waals surface area contributed by atoms with Gasteiger partial charge in [-0.3, -0.25) is 0 Å². The molecule has 0 N–H and O–H groups in total. The first-order valence-corrected chi connectivity index (χ1v) is 5.33. The molecule has 14 heavy (non-hydrogen) atoms. The number of non-ortho nitro benzene ring substituents is 1. The van der Waals surface area contributed by atoms with Crippen molar-refractivity contribution in [2.45, 2.75) is 0 Å². The van der Waals surface area contributed by atoms with Crippen LogP contribution in [0.1, 0.15) is 0 Å². The van der Waals surface area contributed by atoms with E-state index in [4.69, 9.17) is 0 Å². The second-order valence-electron chi connectivity index (χ2n) is 2.60. The summed E-state index contributed by atoms with van der Waals surface area (Å²) in [5.41, 5.74) is 1.56. The zero-order valence-electron chi connectivity index (χ0n) is 6.95. The molecule has 1 aromatic carbocycles. The van der Waals surface area contributed by atoms with E-state index >= 15 is 0 Å². The van der Waals surface area contributed by atoms with Crippen LogP contribution in [-0.2, 0) is 0 Å². The van der Waals surface area contributed by atoms with Crippen LogP contribution >= 0.6 is 0 Å². The van der Waals surface area contributed by atoms with Gasteiger partial charge in [0.05, 0.1) is 0 Å². The van der Waals surface area contributed by atoms with Gasteiger partial charge in [-0.2, -0.15) is 0 Å². The van der Waals surface area contributed by atoms with Gasteiger partial charge in [-0.05, 0) is 0 Å². The zero-order valence-corrected chi connectivity index (χ0v) is 8.67. The molecule has 0 aliphatic rings. The quantitative estimate of drug-likeness (QED) is 0.457. The number of nitrogens with zero attached hydrogens (tertiary/aromatic N) is 3. The molecule has 1 aromatic heterocycles. The third kappa shape index (κ3) is 1.71. The number of nitro benzene ring substituents is 1. The second-order valence-corrected chi connectivity index (χ2v) is 3.77. The van der Waals surface area contributed by atoms with Crippen molar-refractivity contribution in [3.63, 3.8) is 0 Å². The van der Waals surface area contributed by atoms with Crippen molar-refractivity contribution in [3.05, 3.63) is 40.6 Å². The monoisotopic (exact) mass is 255 g/mol. The molecule has 0 radical (unpaired) electrons. The molecule has 0 spiro atoms. The molecule has 0 saturated carbocycles. The Hall–Kier alpha value is -1.52. The molecule has 2 aromatic rings. The summed E-state index contributed by atoms with van der Waals surface area (Å²) in [6.45, 7) is 0. The van der Waals surface area contributed by atoms with E-state index in [0.29, 0.717) is 0 Å². The number of hydrogen-bond donors (Lipinski definition) is 0. The zero-order chi connectivity index (χ0) is 9.97. The van der Waals surface area contributed by atoms with Crippen LogP contribution in [0, 0.1) is 10.1 Å². The van der Waals surface area contributed by atoms with Crippen molar-refractivity contribution in [1.29, 1.82) is 0 Å². The molecular weight excluding hydrogens is 249 g/mol. The van der Waals surface area contributed by atoms with Gasteiger partial charge in [-0.25, -0.2) is 0 Å². The van der Waals surface area contributed by atoms with Gasteiger partial charge in [0, 0.05) is 0 Å². The van der Waals surface area contributed by atoms with Gasteiger partial charge in [0.25, 0.3) is 0 Å². The van der Waals surface area contributed by atoms with Gasteiger partial charge >= 0.3 is 85.4 Å². The molecule has 0 unspecified atom stereocenters. The van der Waals surface area contributed by atoms with Crippen molar-refractivity contribution >= 4 is 20.6 Å². The first-order valence-electron chi connectivity index (χ1n) is 3.80. The van der Waals surface area contributed by atoms with Crippen LogP contribution in [0.25, 0.3) is 11.3 Å². The average molecular weight is 254 g/mol. The normalized spacial score (nSPS) is 10.0. The minimum absolute atomic E-state index is 0.0815. The number of aromatic nitrogens is 2. The summed E-state index contributed by atoms with van der Waals surface area (Å²) in [6.07, 6.45) is 1.65. The Balaban J connectivity index is 2.46. The van der Waals surface area contributed by atoms with E-state index in [0.717, 1.165) is 11.3 Å². The van der Waals surface area contributed by atoms with Crippen LogP contribution in [0.15, 0.2) is 30.5 Å². The van der Waals surface area contributed by atoms with E-state index in [9.17, 15) is 10.1 Å². The summed E-state index contributed by atoms with van der Waals surface area (Å²) < 4.78 is 8.12. The molecule has 0 amide bonds. The predicted molar refractivity (Wildman–Crippen MR) is 51.1 cm³/mol. The Bertz CT molecular complexity index is 455. The molecule has 6 heteroatoms. The number of benzene rings is 1. The van der Waals surface area contributed by atoms with Gasteiger partial charge in [0.15, 0.2) is 0 Å². The number of rotatable bonds is 2. The van der Waals surface area contributed by atoms with E-state index < -0.39 is 4.92 Å². The molecule has 1 heterocycles. The Morgan fingerprint density at radius 3 is 2.93 bits per heavy atom. The summed E-state index contributed by atoms with van der Waals surface area (Å²) in [5.74, 6) is 0. The molecule has 5 nitrogen and oxygen atoms in total. The van der Waals surface area contributed by atoms with E-state index in [1.165, 1.54) is 12.1 Å². The number of nitro groups is 1. The summed E-state index contributed by atoms with van der Waals surface area (Å²) >= 11 is -0.0834. The molecule has 70 valence electrons. The molecule has 0 aliphatic heterocycles. The van der Waals surface area contributed by atoms with Crippen molar-refractivity contribution in [2.24, 2.45) is 0 Å². The van der Waals surface area contributed by atoms with Crippen molar-refractivity contribution in [1.82, 2.24) is 7.96 Å². The molecule has 0 bridgehead atoms. The Labute approximate surface area is 85.8 Å². The first kappa shape index (κ1) is 9.05. The van der Waals surface area contributed by atoms with Crippen molar-refractivity contribution in [3.8, 4) is 11.3 Å². The van der Waals surface area contributed by atoms with Crippen LogP contribution in [0.3, 0.4) is 0 Å². The fourth-order valence-electron chi connectivity index (χ4n) is 1.07. The van der Waals surface area contributed by atoms with Gasteiger partial charge in [-0.15, -0.1) is 0 Å². The van der Waals surface area contributed by atoms with Gasteiger partial charge in [0.2, 0.25) is 0 Å². The molecule has 0 saturated heterocycles. The van der Waals surface area contributed by atoms with Crippen LogP contribution < -0.4 is 0 Å². The maximum absolute atomic E-state index is 10.5. The second kappa shape index (κ2) is 3.69. The molecule has 0 atom stereocenters. The Morgan fingerprint density at radius 2 is 2.29 bits per heavy atom. The number of hydrogen-bond acceptors (Lipinski definition) is 4. The third-order valence-electron chi connectivity index (χ3n) is 1.71. The minimum atomic E-state index is -0.415. The summed E-state index contributed by atoms with van der Waals surface area (Å²) in [4.78, 5) is 10.1. The van der Waals surface area contributed by atoms with Crippen LogP contribution in [0.4, 0.5) is 5.69 Å². The van der Waals surface area contributed by atoms with E-state index in [1.54, 1.807) is 18.3 Å².